The van der Waals surface area contributed by atoms with Crippen LogP contribution in [0.2, 0.25) is 0 Å². The van der Waals surface area contributed by atoms with Crippen LogP contribution in [-0.4, -0.2) is 22.9 Å². The van der Waals surface area contributed by atoms with Crippen LogP contribution in [0.15, 0.2) is 30.5 Å². The first-order valence-corrected chi connectivity index (χ1v) is 5.78. The van der Waals surface area contributed by atoms with Gasteiger partial charge < -0.3 is 11.1 Å². The highest BCUT2D eigenvalue weighted by Crippen LogP contribution is 2.18. The molecule has 0 saturated carbocycles. The lowest BCUT2D eigenvalue weighted by atomic mass is 10.2. The van der Waals surface area contributed by atoms with Crippen LogP contribution in [0.1, 0.15) is 11.3 Å². The fraction of sp³-hybridized carbons (Fsp3) is 0.308. The molecular formula is C13H18N4. The highest BCUT2D eigenvalue weighted by molar-refractivity contribution is 5.49. The Bertz CT molecular complexity index is 502. The smallest absolute Gasteiger partial charge is 0.0761 e. The van der Waals surface area contributed by atoms with E-state index in [-0.39, 0.29) is 0 Å². The Kier molecular flexibility index (Phi) is 3.44. The average Bonchev–Trinajstić information content (AvgIpc) is 2.68. The van der Waals surface area contributed by atoms with Crippen LogP contribution >= 0.6 is 0 Å². The Morgan fingerprint density at radius 3 is 2.88 bits per heavy atom. The number of nitrogens with one attached hydrogen (secondary N) is 1. The van der Waals surface area contributed by atoms with Gasteiger partial charge in [0.1, 0.15) is 0 Å². The second-order valence-corrected chi connectivity index (χ2v) is 4.11. The number of hydrogen-bond donors (Lipinski definition) is 2. The third-order valence-electron chi connectivity index (χ3n) is 2.72. The first-order valence-electron chi connectivity index (χ1n) is 5.78. The number of aromatic nitrogens is 2. The molecule has 90 valence electrons. The zero-order valence-electron chi connectivity index (χ0n) is 10.3. The summed E-state index contributed by atoms with van der Waals surface area (Å²) in [5.41, 5.74) is 9.93. The normalized spacial score (nSPS) is 10.5. The van der Waals surface area contributed by atoms with Crippen molar-refractivity contribution in [3.63, 3.8) is 0 Å². The van der Waals surface area contributed by atoms with Crippen molar-refractivity contribution in [3.8, 4) is 5.69 Å². The molecule has 0 spiro atoms. The van der Waals surface area contributed by atoms with Gasteiger partial charge in [-0.1, -0.05) is 12.1 Å². The molecule has 1 aromatic heterocycles. The lowest BCUT2D eigenvalue weighted by Gasteiger charge is -2.07. The number of rotatable bonds is 4. The number of anilines is 1. The Balaban J connectivity index is 2.30. The maximum Gasteiger partial charge on any atom is 0.0761 e. The molecule has 0 atom stereocenters. The molecule has 1 aromatic carbocycles. The molecule has 0 bridgehead atoms. The summed E-state index contributed by atoms with van der Waals surface area (Å²) in [6, 6.07) is 8.29. The summed E-state index contributed by atoms with van der Waals surface area (Å²) >= 11 is 0. The summed E-state index contributed by atoms with van der Waals surface area (Å²) < 4.78 is 1.94. The Hall–Kier alpha value is -1.81. The monoisotopic (exact) mass is 230 g/mol. The molecule has 0 aliphatic heterocycles. The molecule has 0 unspecified atom stereocenters. The number of nitrogens with zero attached hydrogens (tertiary/aromatic N) is 2. The largest absolute Gasteiger partial charge is 0.381 e. The first-order chi connectivity index (χ1) is 8.22. The van der Waals surface area contributed by atoms with E-state index in [1.807, 2.05) is 23.9 Å². The van der Waals surface area contributed by atoms with Crippen molar-refractivity contribution in [2.75, 3.05) is 18.4 Å². The minimum Gasteiger partial charge on any atom is -0.381 e. The molecule has 0 fully saturated rings. The van der Waals surface area contributed by atoms with Crippen LogP contribution in [0, 0.1) is 13.8 Å². The lowest BCUT2D eigenvalue weighted by Crippen LogP contribution is -2.13. The maximum atomic E-state index is 5.47. The van der Waals surface area contributed by atoms with E-state index in [2.05, 4.69) is 35.5 Å². The van der Waals surface area contributed by atoms with Crippen LogP contribution < -0.4 is 11.1 Å². The van der Waals surface area contributed by atoms with Crippen molar-refractivity contribution < 1.29 is 0 Å². The Morgan fingerprint density at radius 2 is 2.18 bits per heavy atom. The van der Waals surface area contributed by atoms with Gasteiger partial charge in [0.15, 0.2) is 0 Å². The summed E-state index contributed by atoms with van der Waals surface area (Å²) in [7, 11) is 0. The van der Waals surface area contributed by atoms with E-state index in [1.165, 1.54) is 5.56 Å². The van der Waals surface area contributed by atoms with Gasteiger partial charge in [-0.3, -0.25) is 0 Å². The van der Waals surface area contributed by atoms with E-state index in [0.717, 1.165) is 23.6 Å². The molecule has 0 amide bonds. The van der Waals surface area contributed by atoms with E-state index < -0.39 is 0 Å². The van der Waals surface area contributed by atoms with Crippen LogP contribution in [0.4, 0.5) is 5.69 Å². The van der Waals surface area contributed by atoms with Crippen molar-refractivity contribution in [3.05, 3.63) is 41.7 Å². The van der Waals surface area contributed by atoms with Gasteiger partial charge in [-0.15, -0.1) is 0 Å². The second kappa shape index (κ2) is 5.01. The number of nitrogens with two attached hydrogens (primary N) is 1. The molecule has 17 heavy (non-hydrogen) atoms. The molecule has 4 heteroatoms. The minimum absolute atomic E-state index is 0.620. The van der Waals surface area contributed by atoms with Crippen molar-refractivity contribution in [1.29, 1.82) is 0 Å². The fourth-order valence-corrected chi connectivity index (χ4v) is 1.81. The minimum atomic E-state index is 0.620. The van der Waals surface area contributed by atoms with Crippen LogP contribution in [0.3, 0.4) is 0 Å². The third-order valence-corrected chi connectivity index (χ3v) is 2.72. The van der Waals surface area contributed by atoms with Gasteiger partial charge in [0.05, 0.1) is 23.3 Å². The highest BCUT2D eigenvalue weighted by Gasteiger charge is 2.07. The number of benzene rings is 1. The Morgan fingerprint density at radius 1 is 1.35 bits per heavy atom. The molecule has 0 aliphatic carbocycles. The Labute approximate surface area is 101 Å². The van der Waals surface area contributed by atoms with Crippen molar-refractivity contribution in [2.45, 2.75) is 13.8 Å². The number of hydrogen-bond acceptors (Lipinski definition) is 3. The molecule has 2 aromatic rings. The fourth-order valence-electron chi connectivity index (χ4n) is 1.81. The molecule has 4 nitrogen and oxygen atoms in total. The van der Waals surface area contributed by atoms with Crippen molar-refractivity contribution >= 4 is 5.69 Å². The molecule has 1 heterocycles. The van der Waals surface area contributed by atoms with Crippen molar-refractivity contribution in [2.24, 2.45) is 5.73 Å². The standard InChI is InChI=1S/C13H18N4/c1-10-4-3-5-12(8-10)17-11(2)13(9-16-17)15-7-6-14/h3-5,8-9,15H,6-7,14H2,1-2H3. The summed E-state index contributed by atoms with van der Waals surface area (Å²) in [6.45, 7) is 5.51. The average molecular weight is 230 g/mol. The van der Waals surface area contributed by atoms with E-state index >= 15 is 0 Å². The first kappa shape index (κ1) is 11.7. The zero-order chi connectivity index (χ0) is 12.3. The molecule has 0 aliphatic rings. The summed E-state index contributed by atoms with van der Waals surface area (Å²) in [4.78, 5) is 0. The van der Waals surface area contributed by atoms with Crippen molar-refractivity contribution in [1.82, 2.24) is 9.78 Å². The number of aryl methyl sites for hydroxylation is 1. The van der Waals surface area contributed by atoms with Gasteiger partial charge in [0.2, 0.25) is 0 Å². The maximum absolute atomic E-state index is 5.47. The lowest BCUT2D eigenvalue weighted by molar-refractivity contribution is 0.846. The predicted octanol–water partition coefficient (Wildman–Crippen LogP) is 1.86. The molecule has 2 rings (SSSR count). The van der Waals surface area contributed by atoms with Gasteiger partial charge >= 0.3 is 0 Å². The SMILES string of the molecule is Cc1cccc(-n2ncc(NCCN)c2C)c1. The van der Waals surface area contributed by atoms with Gasteiger partial charge in [-0.25, -0.2) is 4.68 Å². The molecule has 0 saturated heterocycles. The van der Waals surface area contributed by atoms with E-state index in [9.17, 15) is 0 Å². The summed E-state index contributed by atoms with van der Waals surface area (Å²) in [5.74, 6) is 0. The van der Waals surface area contributed by atoms with Crippen LogP contribution in [0.25, 0.3) is 5.69 Å². The molecule has 0 radical (unpaired) electrons. The molecular weight excluding hydrogens is 212 g/mol. The highest BCUT2D eigenvalue weighted by atomic mass is 15.3. The third kappa shape index (κ3) is 2.47. The predicted molar refractivity (Wildman–Crippen MR) is 70.6 cm³/mol. The van der Waals surface area contributed by atoms with E-state index in [0.29, 0.717) is 6.54 Å². The topological polar surface area (TPSA) is 55.9 Å². The van der Waals surface area contributed by atoms with Gasteiger partial charge in [-0.05, 0) is 31.5 Å². The van der Waals surface area contributed by atoms with E-state index in [4.69, 9.17) is 5.73 Å². The quantitative estimate of drug-likeness (QED) is 0.843. The van der Waals surface area contributed by atoms with Crippen LogP contribution in [-0.2, 0) is 0 Å². The second-order valence-electron chi connectivity index (χ2n) is 4.11. The van der Waals surface area contributed by atoms with Gasteiger partial charge in [0, 0.05) is 13.1 Å². The zero-order valence-corrected chi connectivity index (χ0v) is 10.3. The van der Waals surface area contributed by atoms with Gasteiger partial charge in [0.25, 0.3) is 0 Å². The van der Waals surface area contributed by atoms with Gasteiger partial charge in [-0.2, -0.15) is 5.10 Å². The summed E-state index contributed by atoms with van der Waals surface area (Å²) in [5, 5.41) is 7.65. The van der Waals surface area contributed by atoms with Crippen LogP contribution in [0.5, 0.6) is 0 Å². The summed E-state index contributed by atoms with van der Waals surface area (Å²) in [6.07, 6.45) is 1.84. The van der Waals surface area contributed by atoms with E-state index in [1.54, 1.807) is 0 Å². The molecule has 3 N–H and O–H groups in total.